The van der Waals surface area contributed by atoms with E-state index < -0.39 is 0 Å². The Bertz CT molecular complexity index is 773. The van der Waals surface area contributed by atoms with Crippen molar-refractivity contribution in [3.63, 3.8) is 0 Å². The predicted octanol–water partition coefficient (Wildman–Crippen LogP) is 3.03. The summed E-state index contributed by atoms with van der Waals surface area (Å²) in [4.78, 5) is 16.6. The fourth-order valence-electron chi connectivity index (χ4n) is 3.21. The largest absolute Gasteiger partial charge is 0.508 e. The summed E-state index contributed by atoms with van der Waals surface area (Å²) in [6.45, 7) is 3.93. The van der Waals surface area contributed by atoms with E-state index in [4.69, 9.17) is 11.6 Å². The second-order valence-corrected chi connectivity index (χ2v) is 7.04. The van der Waals surface area contributed by atoms with Gasteiger partial charge in [0.2, 0.25) is 5.91 Å². The van der Waals surface area contributed by atoms with Crippen LogP contribution in [0.25, 0.3) is 0 Å². The third-order valence-corrected chi connectivity index (χ3v) is 4.93. The van der Waals surface area contributed by atoms with Gasteiger partial charge in [0.25, 0.3) is 0 Å². The van der Waals surface area contributed by atoms with Crippen molar-refractivity contribution in [3.05, 3.63) is 58.6 Å². The number of piperazine rings is 1. The first kappa shape index (κ1) is 18.5. The van der Waals surface area contributed by atoms with E-state index in [1.807, 2.05) is 23.1 Å². The monoisotopic (exact) mass is 374 g/mol. The fraction of sp³-hybridized carbons (Fsp3) is 0.350. The number of amides is 1. The summed E-state index contributed by atoms with van der Waals surface area (Å²) < 4.78 is 0. The zero-order chi connectivity index (χ0) is 18.5. The number of phenols is 2. The lowest BCUT2D eigenvalue weighted by molar-refractivity contribution is -0.133. The number of phenolic OH excluding ortho intramolecular Hbond substituents is 2. The van der Waals surface area contributed by atoms with Crippen LogP contribution in [0.1, 0.15) is 17.5 Å². The Kier molecular flexibility index (Phi) is 6.01. The molecule has 0 unspecified atom stereocenters. The van der Waals surface area contributed by atoms with E-state index in [-0.39, 0.29) is 17.4 Å². The van der Waals surface area contributed by atoms with Gasteiger partial charge in [-0.05, 0) is 35.7 Å². The van der Waals surface area contributed by atoms with E-state index in [1.165, 1.54) is 17.7 Å². The van der Waals surface area contributed by atoms with E-state index in [0.717, 1.165) is 24.7 Å². The van der Waals surface area contributed by atoms with E-state index in [1.54, 1.807) is 6.07 Å². The highest BCUT2D eigenvalue weighted by Gasteiger charge is 2.21. The maximum Gasteiger partial charge on any atom is 0.222 e. The molecule has 0 spiro atoms. The number of rotatable bonds is 5. The molecule has 1 saturated heterocycles. The molecule has 2 aromatic carbocycles. The van der Waals surface area contributed by atoms with Crippen molar-refractivity contribution in [3.8, 4) is 11.5 Å². The smallest absolute Gasteiger partial charge is 0.222 e. The maximum atomic E-state index is 12.4. The maximum absolute atomic E-state index is 12.4. The summed E-state index contributed by atoms with van der Waals surface area (Å²) in [5.74, 6) is 0.150. The van der Waals surface area contributed by atoms with E-state index in [0.29, 0.717) is 31.5 Å². The van der Waals surface area contributed by atoms with Gasteiger partial charge in [0.15, 0.2) is 0 Å². The highest BCUT2D eigenvalue weighted by molar-refractivity contribution is 6.30. The van der Waals surface area contributed by atoms with Crippen molar-refractivity contribution >= 4 is 17.5 Å². The molecule has 0 radical (unpaired) electrons. The Balaban J connectivity index is 1.46. The highest BCUT2D eigenvalue weighted by Crippen LogP contribution is 2.24. The van der Waals surface area contributed by atoms with Gasteiger partial charge in [-0.3, -0.25) is 9.69 Å². The zero-order valence-electron chi connectivity index (χ0n) is 14.6. The average molecular weight is 375 g/mol. The number of nitrogens with zero attached hydrogens (tertiary/aromatic N) is 2. The van der Waals surface area contributed by atoms with Crippen LogP contribution in [-0.2, 0) is 17.8 Å². The number of aromatic hydroxyl groups is 2. The predicted molar refractivity (Wildman–Crippen MR) is 101 cm³/mol. The minimum Gasteiger partial charge on any atom is -0.508 e. The first-order valence-corrected chi connectivity index (χ1v) is 9.14. The molecule has 1 heterocycles. The lowest BCUT2D eigenvalue weighted by atomic mass is 10.1. The van der Waals surface area contributed by atoms with Gasteiger partial charge in [-0.1, -0.05) is 29.8 Å². The second-order valence-electron chi connectivity index (χ2n) is 6.60. The highest BCUT2D eigenvalue weighted by atomic mass is 35.5. The van der Waals surface area contributed by atoms with Gasteiger partial charge < -0.3 is 15.1 Å². The van der Waals surface area contributed by atoms with Crippen molar-refractivity contribution in [1.29, 1.82) is 0 Å². The number of aryl methyl sites for hydroxylation is 1. The average Bonchev–Trinajstić information content (AvgIpc) is 2.61. The molecule has 0 aliphatic carbocycles. The van der Waals surface area contributed by atoms with Crippen molar-refractivity contribution in [2.24, 2.45) is 0 Å². The summed E-state index contributed by atoms with van der Waals surface area (Å²) in [6.07, 6.45) is 0.820. The lowest BCUT2D eigenvalue weighted by Crippen LogP contribution is -2.48. The van der Waals surface area contributed by atoms with Crippen LogP contribution in [0.3, 0.4) is 0 Å². The van der Waals surface area contributed by atoms with Crippen molar-refractivity contribution in [2.45, 2.75) is 19.4 Å². The minimum absolute atomic E-state index is 0.0217. The number of benzene rings is 2. The molecule has 2 N–H and O–H groups in total. The molecule has 138 valence electrons. The van der Waals surface area contributed by atoms with E-state index >= 15 is 0 Å². The molecule has 1 aliphatic heterocycles. The van der Waals surface area contributed by atoms with Crippen molar-refractivity contribution in [2.75, 3.05) is 26.2 Å². The summed E-state index contributed by atoms with van der Waals surface area (Å²) >= 11 is 6.03. The first-order valence-electron chi connectivity index (χ1n) is 8.77. The fourth-order valence-corrected chi connectivity index (χ4v) is 3.43. The van der Waals surface area contributed by atoms with Gasteiger partial charge in [-0.25, -0.2) is 0 Å². The topological polar surface area (TPSA) is 64.0 Å². The van der Waals surface area contributed by atoms with Crippen molar-refractivity contribution in [1.82, 2.24) is 9.80 Å². The third-order valence-electron chi connectivity index (χ3n) is 4.70. The molecule has 2 aromatic rings. The molecule has 0 bridgehead atoms. The van der Waals surface area contributed by atoms with Crippen molar-refractivity contribution < 1.29 is 15.0 Å². The molecule has 0 saturated carbocycles. The normalized spacial score (nSPS) is 15.2. The summed E-state index contributed by atoms with van der Waals surface area (Å²) in [5, 5.41) is 19.9. The van der Waals surface area contributed by atoms with Crippen LogP contribution in [0.2, 0.25) is 5.02 Å². The number of hydrogen-bond acceptors (Lipinski definition) is 4. The molecule has 3 rings (SSSR count). The molecule has 1 aliphatic rings. The third kappa shape index (κ3) is 4.90. The van der Waals surface area contributed by atoms with Crippen LogP contribution in [0.15, 0.2) is 42.5 Å². The van der Waals surface area contributed by atoms with Gasteiger partial charge in [0, 0.05) is 50.2 Å². The summed E-state index contributed by atoms with van der Waals surface area (Å²) in [7, 11) is 0. The Morgan fingerprint density at radius 2 is 1.81 bits per heavy atom. The number of carbonyl (C=O) groups excluding carboxylic acids is 1. The van der Waals surface area contributed by atoms with Gasteiger partial charge in [-0.2, -0.15) is 0 Å². The van der Waals surface area contributed by atoms with Crippen LogP contribution in [0, 0.1) is 0 Å². The summed E-state index contributed by atoms with van der Waals surface area (Å²) in [6, 6.07) is 12.3. The Hall–Kier alpha value is -2.24. The standard InChI is InChI=1S/C20H23ClN2O3/c21-17-3-1-2-15(12-17)14-22-8-10-23(11-9-22)20(26)7-5-16-4-6-18(24)13-19(16)25/h1-4,6,12-13,24-25H,5,7-11,14H2. The molecule has 1 fully saturated rings. The Morgan fingerprint density at radius 1 is 1.04 bits per heavy atom. The lowest BCUT2D eigenvalue weighted by Gasteiger charge is -2.35. The number of hydrogen-bond donors (Lipinski definition) is 2. The Labute approximate surface area is 158 Å². The molecule has 5 nitrogen and oxygen atoms in total. The van der Waals surface area contributed by atoms with E-state index in [9.17, 15) is 15.0 Å². The van der Waals surface area contributed by atoms with Crippen LogP contribution >= 0.6 is 11.6 Å². The van der Waals surface area contributed by atoms with Crippen LogP contribution in [0.4, 0.5) is 0 Å². The van der Waals surface area contributed by atoms with Crippen LogP contribution < -0.4 is 0 Å². The van der Waals surface area contributed by atoms with Gasteiger partial charge in [0.1, 0.15) is 11.5 Å². The van der Waals surface area contributed by atoms with E-state index in [2.05, 4.69) is 11.0 Å². The summed E-state index contributed by atoms with van der Waals surface area (Å²) in [5.41, 5.74) is 1.86. The Morgan fingerprint density at radius 3 is 2.50 bits per heavy atom. The molecular formula is C20H23ClN2O3. The zero-order valence-corrected chi connectivity index (χ0v) is 15.3. The minimum atomic E-state index is 0.0217. The molecule has 6 heteroatoms. The quantitative estimate of drug-likeness (QED) is 0.844. The molecule has 0 atom stereocenters. The number of halogens is 1. The van der Waals surface area contributed by atoms with Gasteiger partial charge in [-0.15, -0.1) is 0 Å². The second kappa shape index (κ2) is 8.43. The molecule has 1 amide bonds. The molecule has 26 heavy (non-hydrogen) atoms. The number of carbonyl (C=O) groups is 1. The molecule has 0 aromatic heterocycles. The van der Waals surface area contributed by atoms with Gasteiger partial charge >= 0.3 is 0 Å². The van der Waals surface area contributed by atoms with Crippen LogP contribution in [-0.4, -0.2) is 52.1 Å². The first-order chi connectivity index (χ1) is 12.5. The SMILES string of the molecule is O=C(CCc1ccc(O)cc1O)N1CCN(Cc2cccc(Cl)c2)CC1. The van der Waals surface area contributed by atoms with Crippen LogP contribution in [0.5, 0.6) is 11.5 Å². The molecular weight excluding hydrogens is 352 g/mol. The van der Waals surface area contributed by atoms with Gasteiger partial charge in [0.05, 0.1) is 0 Å².